The number of ether oxygens (including phenoxy) is 2. The molecule has 3 unspecified atom stereocenters. The molecular weight excluding hydrogens is 587 g/mol. The highest BCUT2D eigenvalue weighted by Gasteiger charge is 2.30. The Morgan fingerprint density at radius 3 is 1.07 bits per heavy atom. The maximum Gasteiger partial charge on any atom is 0.475 e. The van der Waals surface area contributed by atoms with Crippen LogP contribution in [0.5, 0.6) is 0 Å². The van der Waals surface area contributed by atoms with Gasteiger partial charge in [0.2, 0.25) is 0 Å². The molecule has 0 aromatic rings. The third kappa shape index (κ3) is 30.5. The molecule has 44 heavy (non-hydrogen) atoms. The molecule has 0 aliphatic rings. The van der Waals surface area contributed by atoms with E-state index in [-0.39, 0.29) is 26.4 Å². The molecule has 11 heteroatoms. The molecule has 0 saturated carbocycles. The molecule has 0 heterocycles. The predicted molar refractivity (Wildman–Crippen MR) is 176 cm³/mol. The summed E-state index contributed by atoms with van der Waals surface area (Å²) in [5, 5.41) is 39.0. The molecule has 10 nitrogen and oxygen atoms in total. The summed E-state index contributed by atoms with van der Waals surface area (Å²) in [6, 6.07) is 0. The number of aliphatic hydroxyl groups excluding tert-OH is 4. The number of phosphoric acid groups is 1. The maximum atomic E-state index is 13.0. The fourth-order valence-corrected chi connectivity index (χ4v) is 5.90. The average molecular weight is 657 g/mol. The van der Waals surface area contributed by atoms with E-state index >= 15 is 0 Å². The number of rotatable bonds is 36. The SMILES string of the molecule is CCCCCCCCCCCCOCC(O)COP(=O)(OCC(O)CO)OCC(O)COCCCCCCCCCCCC. The fourth-order valence-electron chi connectivity index (χ4n) is 4.61. The van der Waals surface area contributed by atoms with E-state index in [1.54, 1.807) is 0 Å². The topological polar surface area (TPSA) is 144 Å². The smallest absolute Gasteiger partial charge is 0.394 e. The highest BCUT2D eigenvalue weighted by Crippen LogP contribution is 2.49. The second-order valence-corrected chi connectivity index (χ2v) is 13.7. The van der Waals surface area contributed by atoms with Gasteiger partial charge in [-0.15, -0.1) is 0 Å². The van der Waals surface area contributed by atoms with Crippen molar-refractivity contribution in [2.75, 3.05) is 52.9 Å². The minimum Gasteiger partial charge on any atom is -0.394 e. The van der Waals surface area contributed by atoms with Gasteiger partial charge in [-0.2, -0.15) is 0 Å². The first-order valence-electron chi connectivity index (χ1n) is 17.7. The molecular formula is C33H69O10P. The number of unbranched alkanes of at least 4 members (excludes halogenated alkanes) is 18. The van der Waals surface area contributed by atoms with Crippen molar-refractivity contribution in [3.8, 4) is 0 Å². The summed E-state index contributed by atoms with van der Waals surface area (Å²) in [4.78, 5) is 0. The van der Waals surface area contributed by atoms with Crippen molar-refractivity contribution in [2.24, 2.45) is 0 Å². The van der Waals surface area contributed by atoms with E-state index in [9.17, 15) is 19.9 Å². The molecule has 0 aliphatic heterocycles. The minimum absolute atomic E-state index is 0.00607. The second kappa shape index (κ2) is 32.8. The van der Waals surface area contributed by atoms with Crippen molar-refractivity contribution in [3.63, 3.8) is 0 Å². The van der Waals surface area contributed by atoms with Gasteiger partial charge in [0.25, 0.3) is 0 Å². The van der Waals surface area contributed by atoms with Crippen molar-refractivity contribution in [3.05, 3.63) is 0 Å². The Morgan fingerprint density at radius 1 is 0.455 bits per heavy atom. The number of phosphoric ester groups is 1. The molecule has 0 radical (unpaired) electrons. The molecule has 0 amide bonds. The molecule has 0 aromatic heterocycles. The number of hydrogen-bond acceptors (Lipinski definition) is 10. The first kappa shape index (κ1) is 43.9. The van der Waals surface area contributed by atoms with E-state index in [1.807, 2.05) is 0 Å². The van der Waals surface area contributed by atoms with Gasteiger partial charge in [-0.25, -0.2) is 4.57 Å². The number of hydrogen-bond donors (Lipinski definition) is 4. The normalized spacial score (nSPS) is 15.3. The monoisotopic (exact) mass is 656 g/mol. The van der Waals surface area contributed by atoms with Crippen LogP contribution in [0.2, 0.25) is 0 Å². The van der Waals surface area contributed by atoms with Crippen LogP contribution in [0.25, 0.3) is 0 Å². The van der Waals surface area contributed by atoms with Crippen molar-refractivity contribution in [1.29, 1.82) is 0 Å². The Balaban J connectivity index is 4.07. The Morgan fingerprint density at radius 2 is 0.750 bits per heavy atom. The van der Waals surface area contributed by atoms with Gasteiger partial charge in [-0.3, -0.25) is 13.6 Å². The first-order valence-corrected chi connectivity index (χ1v) is 19.2. The third-order valence-corrected chi connectivity index (χ3v) is 8.79. The molecule has 0 fully saturated rings. The van der Waals surface area contributed by atoms with E-state index in [2.05, 4.69) is 13.8 Å². The zero-order valence-electron chi connectivity index (χ0n) is 28.2. The summed E-state index contributed by atoms with van der Waals surface area (Å²) in [5.74, 6) is 0. The van der Waals surface area contributed by atoms with Crippen LogP contribution >= 0.6 is 7.82 Å². The molecule has 0 bridgehead atoms. The van der Waals surface area contributed by atoms with E-state index in [0.29, 0.717) is 13.2 Å². The Kier molecular flexibility index (Phi) is 32.7. The molecule has 4 N–H and O–H groups in total. The molecule has 0 rings (SSSR count). The molecule has 0 aliphatic carbocycles. The van der Waals surface area contributed by atoms with Crippen LogP contribution in [0.15, 0.2) is 0 Å². The van der Waals surface area contributed by atoms with Crippen molar-refractivity contribution in [1.82, 2.24) is 0 Å². The zero-order chi connectivity index (χ0) is 32.6. The predicted octanol–water partition coefficient (Wildman–Crippen LogP) is 7.09. The first-order chi connectivity index (χ1) is 21.4. The summed E-state index contributed by atoms with van der Waals surface area (Å²) >= 11 is 0. The van der Waals surface area contributed by atoms with Crippen LogP contribution in [0.3, 0.4) is 0 Å². The molecule has 0 spiro atoms. The van der Waals surface area contributed by atoms with E-state index in [4.69, 9.17) is 28.2 Å². The molecule has 3 atom stereocenters. The van der Waals surface area contributed by atoms with Crippen molar-refractivity contribution < 1.29 is 48.0 Å². The van der Waals surface area contributed by atoms with Crippen molar-refractivity contribution >= 4 is 7.82 Å². The van der Waals surface area contributed by atoms with Crippen LogP contribution in [0.4, 0.5) is 0 Å². The van der Waals surface area contributed by atoms with Gasteiger partial charge < -0.3 is 29.9 Å². The van der Waals surface area contributed by atoms with Crippen LogP contribution in [-0.2, 0) is 27.6 Å². The van der Waals surface area contributed by atoms with Crippen LogP contribution in [0.1, 0.15) is 142 Å². The van der Waals surface area contributed by atoms with Gasteiger partial charge >= 0.3 is 7.82 Å². The maximum absolute atomic E-state index is 13.0. The van der Waals surface area contributed by atoms with Crippen LogP contribution in [-0.4, -0.2) is 91.6 Å². The Hall–Kier alpha value is -0.130. The zero-order valence-corrected chi connectivity index (χ0v) is 29.1. The van der Waals surface area contributed by atoms with E-state index < -0.39 is 39.3 Å². The van der Waals surface area contributed by atoms with Gasteiger partial charge in [0.1, 0.15) is 18.3 Å². The lowest BCUT2D eigenvalue weighted by atomic mass is 10.1. The summed E-state index contributed by atoms with van der Waals surface area (Å²) in [5.41, 5.74) is 0. The largest absolute Gasteiger partial charge is 0.475 e. The Bertz CT molecular complexity index is 585. The lowest BCUT2D eigenvalue weighted by Gasteiger charge is -2.22. The second-order valence-electron chi connectivity index (χ2n) is 12.0. The lowest BCUT2D eigenvalue weighted by molar-refractivity contribution is -0.0243. The van der Waals surface area contributed by atoms with E-state index in [1.165, 1.54) is 103 Å². The highest BCUT2D eigenvalue weighted by molar-refractivity contribution is 7.48. The molecule has 0 aromatic carbocycles. The van der Waals surface area contributed by atoms with E-state index in [0.717, 1.165) is 25.7 Å². The summed E-state index contributed by atoms with van der Waals surface area (Å²) in [6.07, 6.45) is 21.1. The van der Waals surface area contributed by atoms with Gasteiger partial charge in [-0.1, -0.05) is 129 Å². The summed E-state index contributed by atoms with van der Waals surface area (Å²) in [6.45, 7) is 3.66. The fraction of sp³-hybridized carbons (Fsp3) is 1.00. The van der Waals surface area contributed by atoms with Crippen molar-refractivity contribution in [2.45, 2.75) is 161 Å². The van der Waals surface area contributed by atoms with Gasteiger partial charge in [0.15, 0.2) is 0 Å². The molecule has 266 valence electrons. The van der Waals surface area contributed by atoms with Gasteiger partial charge in [0.05, 0.1) is 39.6 Å². The Labute approximate surface area is 269 Å². The number of aliphatic hydroxyl groups is 4. The highest BCUT2D eigenvalue weighted by atomic mass is 31.2. The van der Waals surface area contributed by atoms with Crippen LogP contribution in [0, 0.1) is 0 Å². The summed E-state index contributed by atoms with van der Waals surface area (Å²) in [7, 11) is -4.24. The average Bonchev–Trinajstić information content (AvgIpc) is 3.02. The molecule has 0 saturated heterocycles. The standard InChI is InChI=1S/C33H69O10P/c1-3-5-7-9-11-13-15-17-19-21-23-39-26-32(36)29-42-44(38,41-28-31(35)25-34)43-30-33(37)27-40-24-22-20-18-16-14-12-10-8-6-4-2/h31-37H,3-30H2,1-2H3. The minimum atomic E-state index is -4.24. The lowest BCUT2D eigenvalue weighted by Crippen LogP contribution is -2.26. The third-order valence-electron chi connectivity index (χ3n) is 7.39. The van der Waals surface area contributed by atoms with Gasteiger partial charge in [0, 0.05) is 13.2 Å². The summed E-state index contributed by atoms with van der Waals surface area (Å²) < 4.78 is 39.7. The van der Waals surface area contributed by atoms with Crippen LogP contribution < -0.4 is 0 Å². The van der Waals surface area contributed by atoms with Gasteiger partial charge in [-0.05, 0) is 12.8 Å². The quantitative estimate of drug-likeness (QED) is 0.0407.